The quantitative estimate of drug-likeness (QED) is 0.770. The molecule has 0 amide bonds. The summed E-state index contributed by atoms with van der Waals surface area (Å²) in [5.41, 5.74) is 1.26. The Morgan fingerprint density at radius 2 is 2.12 bits per heavy atom. The molecule has 0 unspecified atom stereocenters. The highest BCUT2D eigenvalue weighted by molar-refractivity contribution is 6.07. The van der Waals surface area contributed by atoms with E-state index in [1.165, 1.54) is 44.0 Å². The normalized spacial score (nSPS) is 18.1. The number of nitrogens with zero attached hydrogens (tertiary/aromatic N) is 3. The maximum absolute atomic E-state index is 11.3. The second kappa shape index (κ2) is 9.32. The van der Waals surface area contributed by atoms with Crippen molar-refractivity contribution in [3.05, 3.63) is 36.2 Å². The lowest BCUT2D eigenvalue weighted by atomic mass is 10.1. The number of carbonyl (C=O) groups is 1. The molecule has 134 valence electrons. The van der Waals surface area contributed by atoms with Crippen molar-refractivity contribution in [1.82, 2.24) is 15.2 Å². The minimum absolute atomic E-state index is 0.0865. The zero-order chi connectivity index (χ0) is 17.3. The number of ketones is 1. The van der Waals surface area contributed by atoms with Gasteiger partial charge in [-0.25, -0.2) is 9.98 Å². The number of likely N-dealkylation sites (tertiary alicyclic amines) is 1. The fraction of sp³-hybridized carbons (Fsp3) is 0.526. The van der Waals surface area contributed by atoms with Crippen LogP contribution in [0.4, 0.5) is 0 Å². The molecule has 1 saturated heterocycles. The van der Waals surface area contributed by atoms with Gasteiger partial charge in [-0.15, -0.1) is 0 Å². The highest BCUT2D eigenvalue weighted by atomic mass is 16.5. The molecule has 3 heterocycles. The molecule has 0 atom stereocenters. The first kappa shape index (κ1) is 17.6. The van der Waals surface area contributed by atoms with Crippen LogP contribution in [0.3, 0.4) is 0 Å². The van der Waals surface area contributed by atoms with E-state index >= 15 is 0 Å². The van der Waals surface area contributed by atoms with Crippen LogP contribution in [-0.2, 0) is 11.3 Å². The first-order valence-electron chi connectivity index (χ1n) is 9.09. The first-order chi connectivity index (χ1) is 12.3. The van der Waals surface area contributed by atoms with Crippen molar-refractivity contribution in [2.24, 2.45) is 4.99 Å². The van der Waals surface area contributed by atoms with Crippen LogP contribution in [0, 0.1) is 0 Å². The number of amidine groups is 1. The fourth-order valence-electron chi connectivity index (χ4n) is 3.07. The molecule has 0 bridgehead atoms. The number of rotatable bonds is 7. The van der Waals surface area contributed by atoms with Gasteiger partial charge in [0, 0.05) is 31.6 Å². The van der Waals surface area contributed by atoms with Crippen molar-refractivity contribution in [2.45, 2.75) is 38.6 Å². The summed E-state index contributed by atoms with van der Waals surface area (Å²) >= 11 is 0. The van der Waals surface area contributed by atoms with E-state index in [0.717, 1.165) is 25.3 Å². The number of piperidine rings is 1. The topological polar surface area (TPSA) is 66.8 Å². The lowest BCUT2D eigenvalue weighted by Crippen LogP contribution is -2.29. The summed E-state index contributed by atoms with van der Waals surface area (Å²) in [6.07, 6.45) is 10.0. The smallest absolute Gasteiger partial charge is 0.213 e. The van der Waals surface area contributed by atoms with Crippen LogP contribution in [-0.4, -0.2) is 47.7 Å². The molecule has 3 rings (SSSR count). The molecule has 1 aromatic heterocycles. The third-order valence-electron chi connectivity index (χ3n) is 4.39. The summed E-state index contributed by atoms with van der Waals surface area (Å²) in [6.45, 7) is 4.66. The summed E-state index contributed by atoms with van der Waals surface area (Å²) in [4.78, 5) is 22.2. The van der Waals surface area contributed by atoms with Crippen LogP contribution in [0.2, 0.25) is 0 Å². The molecule has 2 aliphatic heterocycles. The minimum atomic E-state index is 0.0865. The predicted molar refractivity (Wildman–Crippen MR) is 97.7 cm³/mol. The molecule has 6 heteroatoms. The molecule has 25 heavy (non-hydrogen) atoms. The van der Waals surface area contributed by atoms with Gasteiger partial charge in [0.2, 0.25) is 5.88 Å². The highest BCUT2D eigenvalue weighted by Crippen LogP contribution is 2.15. The summed E-state index contributed by atoms with van der Waals surface area (Å²) in [7, 11) is 0. The fourth-order valence-corrected chi connectivity index (χ4v) is 3.07. The van der Waals surface area contributed by atoms with Gasteiger partial charge < -0.3 is 10.1 Å². The molecule has 0 saturated carbocycles. The molecule has 0 radical (unpaired) electrons. The Hall–Kier alpha value is -2.21. The van der Waals surface area contributed by atoms with Crippen LogP contribution >= 0.6 is 0 Å². The monoisotopic (exact) mass is 342 g/mol. The second-order valence-electron chi connectivity index (χ2n) is 6.50. The SMILES string of the molecule is O=C1C=CN=C(NCCCOc2cc(CN3CCCCC3)ccn2)C1. The van der Waals surface area contributed by atoms with Crippen LogP contribution in [0.25, 0.3) is 0 Å². The Kier molecular flexibility index (Phi) is 6.56. The molecule has 1 aromatic rings. The van der Waals surface area contributed by atoms with E-state index in [4.69, 9.17) is 4.74 Å². The van der Waals surface area contributed by atoms with E-state index in [9.17, 15) is 4.79 Å². The number of aromatic nitrogens is 1. The summed E-state index contributed by atoms with van der Waals surface area (Å²) in [5, 5.41) is 3.17. The third-order valence-corrected chi connectivity index (χ3v) is 4.39. The summed E-state index contributed by atoms with van der Waals surface area (Å²) in [5.74, 6) is 1.50. The Balaban J connectivity index is 1.36. The molecule has 0 aromatic carbocycles. The second-order valence-corrected chi connectivity index (χ2v) is 6.50. The number of ether oxygens (including phenoxy) is 1. The number of nitrogens with one attached hydrogen (secondary N) is 1. The van der Waals surface area contributed by atoms with Gasteiger partial charge in [-0.1, -0.05) is 6.42 Å². The number of pyridine rings is 1. The van der Waals surface area contributed by atoms with Gasteiger partial charge in [-0.3, -0.25) is 9.69 Å². The molecular weight excluding hydrogens is 316 g/mol. The predicted octanol–water partition coefficient (Wildman–Crippen LogP) is 2.31. The first-order valence-corrected chi connectivity index (χ1v) is 9.09. The molecule has 0 spiro atoms. The van der Waals surface area contributed by atoms with Crippen LogP contribution < -0.4 is 10.1 Å². The standard InChI is InChI=1S/C19H26N4O2/c24-17-6-9-21-18(14-17)20-7-4-12-25-19-13-16(5-8-22-19)15-23-10-2-1-3-11-23/h5-6,8-9,13H,1-4,7,10-12,14-15H2,(H,20,21). The third kappa shape index (κ3) is 5.98. The average Bonchev–Trinajstić information content (AvgIpc) is 2.63. The number of carbonyl (C=O) groups excluding carboxylic acids is 1. The van der Waals surface area contributed by atoms with Gasteiger partial charge in [0.1, 0.15) is 5.84 Å². The van der Waals surface area contributed by atoms with E-state index in [1.54, 1.807) is 6.20 Å². The van der Waals surface area contributed by atoms with Crippen molar-refractivity contribution in [2.75, 3.05) is 26.2 Å². The van der Waals surface area contributed by atoms with Crippen LogP contribution in [0.1, 0.15) is 37.7 Å². The largest absolute Gasteiger partial charge is 0.478 e. The summed E-state index contributed by atoms with van der Waals surface area (Å²) in [6, 6.07) is 4.10. The Morgan fingerprint density at radius 1 is 1.24 bits per heavy atom. The molecule has 1 fully saturated rings. The van der Waals surface area contributed by atoms with E-state index in [1.807, 2.05) is 12.3 Å². The zero-order valence-electron chi connectivity index (χ0n) is 14.6. The Labute approximate surface area is 149 Å². The van der Waals surface area contributed by atoms with Crippen LogP contribution in [0.5, 0.6) is 5.88 Å². The maximum Gasteiger partial charge on any atom is 0.213 e. The van der Waals surface area contributed by atoms with E-state index < -0.39 is 0 Å². The zero-order valence-corrected chi connectivity index (χ0v) is 14.6. The minimum Gasteiger partial charge on any atom is -0.478 e. The molecule has 0 aliphatic carbocycles. The average molecular weight is 342 g/mol. The highest BCUT2D eigenvalue weighted by Gasteiger charge is 2.11. The maximum atomic E-state index is 11.3. The lowest BCUT2D eigenvalue weighted by Gasteiger charge is -2.26. The van der Waals surface area contributed by atoms with E-state index in [-0.39, 0.29) is 5.78 Å². The van der Waals surface area contributed by atoms with Gasteiger partial charge in [0.15, 0.2) is 5.78 Å². The van der Waals surface area contributed by atoms with Gasteiger partial charge in [-0.05, 0) is 50.1 Å². The Bertz CT molecular complexity index is 636. The van der Waals surface area contributed by atoms with Crippen molar-refractivity contribution in [1.29, 1.82) is 0 Å². The number of hydrogen-bond acceptors (Lipinski definition) is 6. The van der Waals surface area contributed by atoms with E-state index in [2.05, 4.69) is 26.3 Å². The van der Waals surface area contributed by atoms with Gasteiger partial charge in [0.25, 0.3) is 0 Å². The number of allylic oxidation sites excluding steroid dienone is 1. The van der Waals surface area contributed by atoms with Gasteiger partial charge >= 0.3 is 0 Å². The van der Waals surface area contributed by atoms with Crippen molar-refractivity contribution in [3.8, 4) is 5.88 Å². The Morgan fingerprint density at radius 3 is 2.96 bits per heavy atom. The van der Waals surface area contributed by atoms with E-state index in [0.29, 0.717) is 18.9 Å². The van der Waals surface area contributed by atoms with Gasteiger partial charge in [-0.2, -0.15) is 0 Å². The van der Waals surface area contributed by atoms with Gasteiger partial charge in [0.05, 0.1) is 13.0 Å². The molecule has 2 aliphatic rings. The van der Waals surface area contributed by atoms with Crippen molar-refractivity contribution < 1.29 is 9.53 Å². The molecular formula is C19H26N4O2. The van der Waals surface area contributed by atoms with Crippen LogP contribution in [0.15, 0.2) is 35.6 Å². The molecule has 1 N–H and O–H groups in total. The molecule has 6 nitrogen and oxygen atoms in total. The van der Waals surface area contributed by atoms with Crippen molar-refractivity contribution >= 4 is 11.6 Å². The van der Waals surface area contributed by atoms with Crippen molar-refractivity contribution in [3.63, 3.8) is 0 Å². The summed E-state index contributed by atoms with van der Waals surface area (Å²) < 4.78 is 5.76. The number of hydrogen-bond donors (Lipinski definition) is 1. The lowest BCUT2D eigenvalue weighted by molar-refractivity contribution is -0.113. The number of aliphatic imine (C=N–C) groups is 1.